The number of carboxylic acid groups (broad SMARTS) is 1. The van der Waals surface area contributed by atoms with Gasteiger partial charge in [0, 0.05) is 13.0 Å². The lowest BCUT2D eigenvalue weighted by Crippen LogP contribution is -2.04. The number of benzene rings is 2. The predicted octanol–water partition coefficient (Wildman–Crippen LogP) is 4.95. The first-order valence-electron chi connectivity index (χ1n) is 6.12. The van der Waals surface area contributed by atoms with Crippen molar-refractivity contribution in [2.45, 2.75) is 13.1 Å². The van der Waals surface area contributed by atoms with Gasteiger partial charge >= 0.3 is 6.18 Å². The van der Waals surface area contributed by atoms with Crippen molar-refractivity contribution in [3.05, 3.63) is 53.1 Å². The number of hydrogen-bond donors (Lipinski definition) is 2. The van der Waals surface area contributed by atoms with Gasteiger partial charge in [0.05, 0.1) is 10.6 Å². The number of aromatic hydroxyl groups is 1. The Bertz CT molecular complexity index is 683. The van der Waals surface area contributed by atoms with Crippen LogP contribution in [-0.4, -0.2) is 16.2 Å². The zero-order valence-electron chi connectivity index (χ0n) is 11.8. The van der Waals surface area contributed by atoms with Crippen LogP contribution in [0.3, 0.4) is 0 Å². The Morgan fingerprint density at radius 3 is 2.26 bits per heavy atom. The van der Waals surface area contributed by atoms with Crippen LogP contribution in [0.2, 0.25) is 5.02 Å². The van der Waals surface area contributed by atoms with Gasteiger partial charge in [-0.3, -0.25) is 4.79 Å². The topological polar surface area (TPSA) is 66.8 Å². The van der Waals surface area contributed by atoms with Crippen molar-refractivity contribution in [2.75, 3.05) is 0 Å². The molecule has 0 amide bonds. The smallest absolute Gasteiger partial charge is 0.416 e. The molecule has 0 aliphatic carbocycles. The minimum atomic E-state index is -4.45. The second-order valence-electron chi connectivity index (χ2n) is 4.26. The van der Waals surface area contributed by atoms with E-state index >= 15 is 0 Å². The summed E-state index contributed by atoms with van der Waals surface area (Å²) >= 11 is 5.74. The first-order valence-corrected chi connectivity index (χ1v) is 6.50. The molecule has 0 saturated carbocycles. The van der Waals surface area contributed by atoms with Gasteiger partial charge in [-0.15, -0.1) is 0 Å². The van der Waals surface area contributed by atoms with E-state index in [0.717, 1.165) is 25.1 Å². The van der Waals surface area contributed by atoms with Crippen LogP contribution in [0.4, 0.5) is 13.2 Å². The number of hydrogen-bond acceptors (Lipinski definition) is 3. The summed E-state index contributed by atoms with van der Waals surface area (Å²) in [5, 5.41) is 16.5. The Hall–Kier alpha value is -2.41. The molecular weight excluding hydrogens is 337 g/mol. The standard InChI is InChI=1S/C13H8ClF3O2.C2H4O2/c14-11-6-8(13(15,16)17)4-5-12(11)19-10-3-1-2-9(18)7-10;1-2(3)4/h1-7,18H;1H3,(H,3,4). The molecule has 124 valence electrons. The Kier molecular flexibility index (Phi) is 6.27. The summed E-state index contributed by atoms with van der Waals surface area (Å²) < 4.78 is 42.6. The molecule has 4 nitrogen and oxygen atoms in total. The van der Waals surface area contributed by atoms with Gasteiger partial charge in [0.25, 0.3) is 5.97 Å². The minimum Gasteiger partial charge on any atom is -0.508 e. The molecule has 23 heavy (non-hydrogen) atoms. The summed E-state index contributed by atoms with van der Waals surface area (Å²) in [4.78, 5) is 9.00. The number of alkyl halides is 3. The lowest BCUT2D eigenvalue weighted by molar-refractivity contribution is -0.137. The van der Waals surface area contributed by atoms with Crippen LogP contribution < -0.4 is 4.74 Å². The van der Waals surface area contributed by atoms with E-state index in [1.54, 1.807) is 12.1 Å². The molecule has 2 N–H and O–H groups in total. The van der Waals surface area contributed by atoms with Crippen molar-refractivity contribution in [3.8, 4) is 17.2 Å². The van der Waals surface area contributed by atoms with Crippen LogP contribution in [0.1, 0.15) is 12.5 Å². The maximum atomic E-state index is 12.4. The molecule has 2 aromatic rings. The first-order chi connectivity index (χ1) is 10.6. The number of rotatable bonds is 2. The molecule has 0 aliphatic heterocycles. The van der Waals surface area contributed by atoms with E-state index in [0.29, 0.717) is 0 Å². The number of carbonyl (C=O) groups is 1. The highest BCUT2D eigenvalue weighted by Gasteiger charge is 2.31. The van der Waals surface area contributed by atoms with E-state index in [9.17, 15) is 18.3 Å². The Labute approximate surface area is 134 Å². The molecule has 0 fully saturated rings. The van der Waals surface area contributed by atoms with Gasteiger partial charge in [0.2, 0.25) is 0 Å². The molecule has 0 bridgehead atoms. The van der Waals surface area contributed by atoms with Gasteiger partial charge in [-0.1, -0.05) is 17.7 Å². The van der Waals surface area contributed by atoms with Crippen molar-refractivity contribution in [3.63, 3.8) is 0 Å². The SMILES string of the molecule is CC(=O)O.Oc1cccc(Oc2ccc(C(F)(F)F)cc2Cl)c1. The molecule has 0 radical (unpaired) electrons. The molecule has 0 aliphatic rings. The summed E-state index contributed by atoms with van der Waals surface area (Å²) in [6, 6.07) is 8.67. The number of ether oxygens (including phenoxy) is 1. The number of aliphatic carboxylic acids is 1. The Morgan fingerprint density at radius 2 is 1.78 bits per heavy atom. The quantitative estimate of drug-likeness (QED) is 0.806. The third kappa shape index (κ3) is 6.48. The molecule has 0 saturated heterocycles. The molecule has 0 aromatic heterocycles. The van der Waals surface area contributed by atoms with E-state index < -0.39 is 17.7 Å². The van der Waals surface area contributed by atoms with Crippen LogP contribution in [0.5, 0.6) is 17.2 Å². The monoisotopic (exact) mass is 348 g/mol. The molecule has 0 spiro atoms. The van der Waals surface area contributed by atoms with E-state index in [2.05, 4.69) is 0 Å². The van der Waals surface area contributed by atoms with Crippen LogP contribution >= 0.6 is 11.6 Å². The lowest BCUT2D eigenvalue weighted by Gasteiger charge is -2.11. The van der Waals surface area contributed by atoms with E-state index in [1.165, 1.54) is 12.1 Å². The maximum absolute atomic E-state index is 12.4. The average Bonchev–Trinajstić information content (AvgIpc) is 2.39. The molecule has 2 aromatic carbocycles. The Morgan fingerprint density at radius 1 is 1.17 bits per heavy atom. The molecular formula is C15H12ClF3O4. The number of halogens is 4. The predicted molar refractivity (Wildman–Crippen MR) is 77.9 cm³/mol. The van der Waals surface area contributed by atoms with Crippen molar-refractivity contribution in [1.29, 1.82) is 0 Å². The fraction of sp³-hybridized carbons (Fsp3) is 0.133. The second kappa shape index (κ2) is 7.73. The van der Waals surface area contributed by atoms with Gasteiger partial charge in [0.1, 0.15) is 17.2 Å². The van der Waals surface area contributed by atoms with Crippen LogP contribution in [0, 0.1) is 0 Å². The van der Waals surface area contributed by atoms with Crippen LogP contribution in [0.25, 0.3) is 0 Å². The molecule has 0 heterocycles. The molecule has 0 unspecified atom stereocenters. The van der Waals surface area contributed by atoms with Gasteiger partial charge < -0.3 is 14.9 Å². The summed E-state index contributed by atoms with van der Waals surface area (Å²) in [7, 11) is 0. The van der Waals surface area contributed by atoms with Crippen molar-refractivity contribution < 1.29 is 32.9 Å². The summed E-state index contributed by atoms with van der Waals surface area (Å²) in [5.74, 6) is -0.484. The summed E-state index contributed by atoms with van der Waals surface area (Å²) in [6.07, 6.45) is -4.45. The fourth-order valence-corrected chi connectivity index (χ4v) is 1.65. The second-order valence-corrected chi connectivity index (χ2v) is 4.67. The van der Waals surface area contributed by atoms with Crippen molar-refractivity contribution in [2.24, 2.45) is 0 Å². The van der Waals surface area contributed by atoms with Crippen molar-refractivity contribution in [1.82, 2.24) is 0 Å². The number of phenols is 1. The zero-order valence-corrected chi connectivity index (χ0v) is 12.5. The molecule has 0 atom stereocenters. The van der Waals surface area contributed by atoms with Gasteiger partial charge in [0.15, 0.2) is 0 Å². The number of phenolic OH excluding ortho intramolecular Hbond substituents is 1. The highest BCUT2D eigenvalue weighted by atomic mass is 35.5. The lowest BCUT2D eigenvalue weighted by atomic mass is 10.2. The number of carboxylic acids is 1. The van der Waals surface area contributed by atoms with E-state index in [1.807, 2.05) is 0 Å². The van der Waals surface area contributed by atoms with Gasteiger partial charge in [-0.05, 0) is 30.3 Å². The average molecular weight is 349 g/mol. The van der Waals surface area contributed by atoms with Gasteiger partial charge in [-0.25, -0.2) is 0 Å². The summed E-state index contributed by atoms with van der Waals surface area (Å²) in [5.41, 5.74) is -0.847. The third-order valence-corrected chi connectivity index (χ3v) is 2.60. The normalized spacial score (nSPS) is 10.5. The van der Waals surface area contributed by atoms with Crippen molar-refractivity contribution >= 4 is 17.6 Å². The maximum Gasteiger partial charge on any atom is 0.416 e. The zero-order chi connectivity index (χ0) is 17.6. The third-order valence-electron chi connectivity index (χ3n) is 2.30. The first kappa shape index (κ1) is 18.6. The van der Waals surface area contributed by atoms with Crippen LogP contribution in [0.15, 0.2) is 42.5 Å². The Balaban J connectivity index is 0.000000593. The molecule has 8 heteroatoms. The fourth-order valence-electron chi connectivity index (χ4n) is 1.43. The van der Waals surface area contributed by atoms with E-state index in [-0.39, 0.29) is 22.3 Å². The largest absolute Gasteiger partial charge is 0.508 e. The molecule has 2 rings (SSSR count). The van der Waals surface area contributed by atoms with E-state index in [4.69, 9.17) is 26.2 Å². The highest BCUT2D eigenvalue weighted by molar-refractivity contribution is 6.32. The highest BCUT2D eigenvalue weighted by Crippen LogP contribution is 2.36. The van der Waals surface area contributed by atoms with Gasteiger partial charge in [-0.2, -0.15) is 13.2 Å². The van der Waals surface area contributed by atoms with Crippen LogP contribution in [-0.2, 0) is 11.0 Å². The minimum absolute atomic E-state index is 0.0134. The summed E-state index contributed by atoms with van der Waals surface area (Å²) in [6.45, 7) is 1.08.